The van der Waals surface area contributed by atoms with E-state index in [0.29, 0.717) is 5.56 Å². The van der Waals surface area contributed by atoms with Crippen LogP contribution in [0.4, 0.5) is 4.39 Å². The second kappa shape index (κ2) is 10.0. The molecule has 0 unspecified atom stereocenters. The fraction of sp³-hybridized carbons (Fsp3) is 0.250. The summed E-state index contributed by atoms with van der Waals surface area (Å²) in [5.74, 6) is -0.625. The summed E-state index contributed by atoms with van der Waals surface area (Å²) < 4.78 is 44.9. The molecule has 0 saturated carbocycles. The fourth-order valence-corrected chi connectivity index (χ4v) is 3.26. The highest BCUT2D eigenvalue weighted by atomic mass is 32.2. The number of nitrogens with zero attached hydrogens (tertiary/aromatic N) is 1. The lowest BCUT2D eigenvalue weighted by Gasteiger charge is -2.17. The zero-order valence-corrected chi connectivity index (χ0v) is 16.6. The number of hydrogen-bond acceptors (Lipinski definition) is 4. The van der Waals surface area contributed by atoms with Crippen LogP contribution in [0.1, 0.15) is 17.5 Å². The largest absolute Gasteiger partial charge is 0.494 e. The smallest absolute Gasteiger partial charge is 0.233 e. The molecule has 0 bridgehead atoms. The summed E-state index contributed by atoms with van der Waals surface area (Å²) in [4.78, 5) is 13.6. The van der Waals surface area contributed by atoms with Gasteiger partial charge in [-0.05, 0) is 29.3 Å². The minimum absolute atomic E-state index is 0.00640. The van der Waals surface area contributed by atoms with Crippen LogP contribution in [0.5, 0.6) is 5.75 Å². The number of nitrogens with one attached hydrogen (secondary N) is 1. The highest BCUT2D eigenvalue weighted by Crippen LogP contribution is 2.18. The van der Waals surface area contributed by atoms with E-state index in [9.17, 15) is 17.6 Å². The average molecular weight is 406 g/mol. The van der Waals surface area contributed by atoms with Crippen molar-refractivity contribution in [1.82, 2.24) is 9.62 Å². The Morgan fingerprint density at radius 2 is 1.93 bits per heavy atom. The molecule has 1 amide bonds. The van der Waals surface area contributed by atoms with Gasteiger partial charge < -0.3 is 9.64 Å². The zero-order chi connectivity index (χ0) is 20.6. The topological polar surface area (TPSA) is 75.7 Å². The maximum absolute atomic E-state index is 13.7. The van der Waals surface area contributed by atoms with E-state index < -0.39 is 15.8 Å². The van der Waals surface area contributed by atoms with Crippen LogP contribution in [0.15, 0.2) is 53.9 Å². The molecule has 0 aromatic heterocycles. The van der Waals surface area contributed by atoms with Gasteiger partial charge in [0.05, 0.1) is 7.11 Å². The third kappa shape index (κ3) is 6.79. The maximum Gasteiger partial charge on any atom is 0.233 e. The molecule has 0 atom stereocenters. The SMILES string of the molecule is COc1ccc(CN(C)C(=O)CCNS(=O)(=O)C=Cc2ccccc2)cc1F. The molecule has 0 radical (unpaired) electrons. The number of carbonyl (C=O) groups is 1. The van der Waals surface area contributed by atoms with E-state index in [-0.39, 0.29) is 31.2 Å². The Labute approximate surface area is 164 Å². The number of hydrogen-bond donors (Lipinski definition) is 1. The number of ether oxygens (including phenoxy) is 1. The molecule has 2 aromatic rings. The van der Waals surface area contributed by atoms with Crippen LogP contribution in [0.25, 0.3) is 6.08 Å². The van der Waals surface area contributed by atoms with Crippen LogP contribution < -0.4 is 9.46 Å². The van der Waals surface area contributed by atoms with E-state index >= 15 is 0 Å². The van der Waals surface area contributed by atoms with E-state index in [1.165, 1.54) is 30.2 Å². The third-order valence-corrected chi connectivity index (χ3v) is 5.04. The summed E-state index contributed by atoms with van der Waals surface area (Å²) >= 11 is 0. The van der Waals surface area contributed by atoms with Gasteiger partial charge in [-0.1, -0.05) is 36.4 Å². The number of rotatable bonds is 9. The van der Waals surface area contributed by atoms with Gasteiger partial charge in [-0.3, -0.25) is 4.79 Å². The van der Waals surface area contributed by atoms with Crippen LogP contribution in [0, 0.1) is 5.82 Å². The molecule has 1 N–H and O–H groups in total. The van der Waals surface area contributed by atoms with Gasteiger partial charge in [-0.15, -0.1) is 0 Å². The summed E-state index contributed by atoms with van der Waals surface area (Å²) in [5, 5.41) is 1.07. The predicted molar refractivity (Wildman–Crippen MR) is 106 cm³/mol. The fourth-order valence-electron chi connectivity index (χ4n) is 2.44. The first-order chi connectivity index (χ1) is 13.3. The summed E-state index contributed by atoms with van der Waals surface area (Å²) in [6.07, 6.45) is 1.47. The highest BCUT2D eigenvalue weighted by molar-refractivity contribution is 7.92. The Hall–Kier alpha value is -2.71. The summed E-state index contributed by atoms with van der Waals surface area (Å²) in [6, 6.07) is 13.5. The van der Waals surface area contributed by atoms with E-state index in [0.717, 1.165) is 11.0 Å². The number of methoxy groups -OCH3 is 1. The van der Waals surface area contributed by atoms with Gasteiger partial charge in [0.2, 0.25) is 15.9 Å². The molecule has 6 nitrogen and oxygen atoms in total. The van der Waals surface area contributed by atoms with Gasteiger partial charge in [-0.25, -0.2) is 17.5 Å². The van der Waals surface area contributed by atoms with Crippen molar-refractivity contribution in [2.24, 2.45) is 0 Å². The Morgan fingerprint density at radius 3 is 2.57 bits per heavy atom. The number of sulfonamides is 1. The molecular weight excluding hydrogens is 383 g/mol. The van der Waals surface area contributed by atoms with Gasteiger partial charge >= 0.3 is 0 Å². The first kappa shape index (κ1) is 21.6. The molecular formula is C20H23FN2O4S. The molecule has 0 fully saturated rings. The van der Waals surface area contributed by atoms with Crippen LogP contribution in [-0.4, -0.2) is 39.9 Å². The maximum atomic E-state index is 13.7. The van der Waals surface area contributed by atoms with E-state index in [1.54, 1.807) is 25.2 Å². The molecule has 28 heavy (non-hydrogen) atoms. The van der Waals surface area contributed by atoms with Gasteiger partial charge in [-0.2, -0.15) is 0 Å². The lowest BCUT2D eigenvalue weighted by Crippen LogP contribution is -2.31. The molecule has 150 valence electrons. The second-order valence-corrected chi connectivity index (χ2v) is 7.77. The number of amides is 1. The molecule has 2 rings (SSSR count). The first-order valence-corrected chi connectivity index (χ1v) is 10.1. The van der Waals surface area contributed by atoms with Crippen LogP contribution in [0.2, 0.25) is 0 Å². The average Bonchev–Trinajstić information content (AvgIpc) is 2.67. The Morgan fingerprint density at radius 1 is 1.21 bits per heavy atom. The van der Waals surface area contributed by atoms with Crippen molar-refractivity contribution >= 4 is 22.0 Å². The number of halogens is 1. The quantitative estimate of drug-likeness (QED) is 0.695. The Bertz CT molecular complexity index is 930. The van der Waals surface area contributed by atoms with Gasteiger partial charge in [0, 0.05) is 32.0 Å². The molecule has 0 heterocycles. The van der Waals surface area contributed by atoms with Crippen molar-refractivity contribution in [3.05, 3.63) is 70.9 Å². The second-order valence-electron chi connectivity index (χ2n) is 6.12. The first-order valence-electron chi connectivity index (χ1n) is 8.60. The molecule has 0 aliphatic rings. The summed E-state index contributed by atoms with van der Waals surface area (Å²) in [6.45, 7) is 0.183. The summed E-state index contributed by atoms with van der Waals surface area (Å²) in [7, 11) is -0.682. The Kier molecular flexibility index (Phi) is 7.71. The van der Waals surface area contributed by atoms with E-state index in [2.05, 4.69) is 4.72 Å². The van der Waals surface area contributed by atoms with E-state index in [4.69, 9.17) is 4.74 Å². The van der Waals surface area contributed by atoms with Crippen molar-refractivity contribution in [3.63, 3.8) is 0 Å². The Balaban J connectivity index is 1.82. The van der Waals surface area contributed by atoms with Crippen molar-refractivity contribution in [1.29, 1.82) is 0 Å². The van der Waals surface area contributed by atoms with Crippen molar-refractivity contribution in [2.45, 2.75) is 13.0 Å². The number of carbonyl (C=O) groups excluding carboxylic acids is 1. The third-order valence-electron chi connectivity index (χ3n) is 3.94. The van der Waals surface area contributed by atoms with Crippen molar-refractivity contribution in [2.75, 3.05) is 20.7 Å². The normalized spacial score (nSPS) is 11.5. The highest BCUT2D eigenvalue weighted by Gasteiger charge is 2.12. The van der Waals surface area contributed by atoms with Crippen molar-refractivity contribution in [3.8, 4) is 5.75 Å². The standard InChI is InChI=1S/C20H23FN2O4S/c1-23(15-17-8-9-19(27-2)18(21)14-17)20(24)10-12-22-28(25,26)13-11-16-6-4-3-5-7-16/h3-9,11,13-14,22H,10,12,15H2,1-2H3. The molecule has 0 spiro atoms. The number of benzene rings is 2. The van der Waals surface area contributed by atoms with Crippen molar-refractivity contribution < 1.29 is 22.3 Å². The molecule has 2 aromatic carbocycles. The zero-order valence-electron chi connectivity index (χ0n) is 15.8. The lowest BCUT2D eigenvalue weighted by atomic mass is 10.2. The van der Waals surface area contributed by atoms with Crippen LogP contribution in [0.3, 0.4) is 0 Å². The van der Waals surface area contributed by atoms with Gasteiger partial charge in [0.15, 0.2) is 11.6 Å². The molecule has 0 aliphatic heterocycles. The minimum Gasteiger partial charge on any atom is -0.494 e. The summed E-state index contributed by atoms with van der Waals surface area (Å²) in [5.41, 5.74) is 1.37. The van der Waals surface area contributed by atoms with Gasteiger partial charge in [0.1, 0.15) is 0 Å². The molecule has 8 heteroatoms. The van der Waals surface area contributed by atoms with Crippen LogP contribution >= 0.6 is 0 Å². The predicted octanol–water partition coefficient (Wildman–Crippen LogP) is 2.77. The molecule has 0 saturated heterocycles. The van der Waals surface area contributed by atoms with E-state index in [1.807, 2.05) is 18.2 Å². The molecule has 0 aliphatic carbocycles. The monoisotopic (exact) mass is 406 g/mol. The van der Waals surface area contributed by atoms with Gasteiger partial charge in [0.25, 0.3) is 0 Å². The minimum atomic E-state index is -3.64. The lowest BCUT2D eigenvalue weighted by molar-refractivity contribution is -0.130. The van der Waals surface area contributed by atoms with Crippen LogP contribution in [-0.2, 0) is 21.4 Å².